The number of fused-ring (bicyclic) bond motifs is 1. The summed E-state index contributed by atoms with van der Waals surface area (Å²) in [6.45, 7) is 6.93. The number of hydrogen-bond donors (Lipinski definition) is 1. The molecule has 1 aromatic heterocycles. The van der Waals surface area contributed by atoms with E-state index in [0.717, 1.165) is 25.7 Å². The fourth-order valence-electron chi connectivity index (χ4n) is 3.90. The van der Waals surface area contributed by atoms with Gasteiger partial charge in [0.05, 0.1) is 12.2 Å². The summed E-state index contributed by atoms with van der Waals surface area (Å²) >= 11 is 0. The van der Waals surface area contributed by atoms with E-state index in [2.05, 4.69) is 5.32 Å². The lowest BCUT2D eigenvalue weighted by molar-refractivity contribution is -0.143. The van der Waals surface area contributed by atoms with Crippen molar-refractivity contribution in [3.8, 4) is 0 Å². The molecule has 1 fully saturated rings. The van der Waals surface area contributed by atoms with E-state index in [4.69, 9.17) is 4.74 Å². The maximum absolute atomic E-state index is 13.3. The van der Waals surface area contributed by atoms with Gasteiger partial charge in [0.15, 0.2) is 0 Å². The van der Waals surface area contributed by atoms with Crippen LogP contribution in [0.1, 0.15) is 63.2 Å². The number of hydrogen-bond acceptors (Lipinski definition) is 5. The topological polar surface area (TPSA) is 97.7 Å². The zero-order valence-corrected chi connectivity index (χ0v) is 19.7. The molecule has 1 aromatic carbocycles. The molecule has 2 aromatic rings. The summed E-state index contributed by atoms with van der Waals surface area (Å²) in [5.74, 6) is -1.21. The minimum absolute atomic E-state index is 0.0753. The molecule has 178 valence electrons. The predicted molar refractivity (Wildman–Crippen MR) is 126 cm³/mol. The summed E-state index contributed by atoms with van der Waals surface area (Å²) in [5.41, 5.74) is 1.39. The van der Waals surface area contributed by atoms with Crippen LogP contribution in [0.5, 0.6) is 0 Å². The molecule has 0 radical (unpaired) electrons. The van der Waals surface area contributed by atoms with Gasteiger partial charge in [-0.25, -0.2) is 0 Å². The molecule has 2 amide bonds. The van der Waals surface area contributed by atoms with E-state index in [1.54, 1.807) is 40.8 Å². The lowest BCUT2D eigenvalue weighted by atomic mass is 10.1. The molecule has 1 N–H and O–H groups in total. The Morgan fingerprint density at radius 3 is 2.52 bits per heavy atom. The number of esters is 1. The smallest absolute Gasteiger partial charge is 0.325 e. The number of rotatable bonds is 12. The molecule has 0 atom stereocenters. The van der Waals surface area contributed by atoms with Crippen molar-refractivity contribution in [1.82, 2.24) is 9.47 Å². The van der Waals surface area contributed by atoms with Crippen LogP contribution in [-0.4, -0.2) is 52.7 Å². The van der Waals surface area contributed by atoms with Gasteiger partial charge in [0.25, 0.3) is 11.7 Å². The molecule has 1 aliphatic rings. The van der Waals surface area contributed by atoms with Gasteiger partial charge in [-0.15, -0.1) is 0 Å². The minimum atomic E-state index is -0.603. The number of nitrogens with zero attached hydrogens (tertiary/aromatic N) is 2. The first-order chi connectivity index (χ1) is 15.9. The van der Waals surface area contributed by atoms with Gasteiger partial charge in [-0.1, -0.05) is 13.8 Å². The number of benzene rings is 1. The number of aromatic nitrogens is 1. The predicted octanol–water partition coefficient (Wildman–Crippen LogP) is 3.77. The summed E-state index contributed by atoms with van der Waals surface area (Å²) in [6.07, 6.45) is 5.59. The third kappa shape index (κ3) is 6.21. The van der Waals surface area contributed by atoms with Crippen LogP contribution in [0.4, 0.5) is 5.69 Å². The Hall–Kier alpha value is -3.16. The number of nitrogens with one attached hydrogen (secondary N) is 1. The highest BCUT2D eigenvalue weighted by Crippen LogP contribution is 2.31. The van der Waals surface area contributed by atoms with E-state index in [1.807, 2.05) is 13.8 Å². The summed E-state index contributed by atoms with van der Waals surface area (Å²) in [4.78, 5) is 52.3. The van der Waals surface area contributed by atoms with Gasteiger partial charge in [0, 0.05) is 42.3 Å². The van der Waals surface area contributed by atoms with E-state index >= 15 is 0 Å². The van der Waals surface area contributed by atoms with Crippen LogP contribution in [0.15, 0.2) is 24.4 Å². The van der Waals surface area contributed by atoms with Crippen LogP contribution in [0.2, 0.25) is 0 Å². The van der Waals surface area contributed by atoms with Crippen molar-refractivity contribution < 1.29 is 23.9 Å². The van der Waals surface area contributed by atoms with E-state index in [1.165, 1.54) is 0 Å². The van der Waals surface area contributed by atoms with E-state index in [0.29, 0.717) is 42.0 Å². The van der Waals surface area contributed by atoms with E-state index in [-0.39, 0.29) is 24.6 Å². The molecule has 1 heterocycles. The summed E-state index contributed by atoms with van der Waals surface area (Å²) in [6, 6.07) is 5.16. The molecular weight excluding hydrogens is 422 g/mol. The second kappa shape index (κ2) is 11.1. The van der Waals surface area contributed by atoms with Gasteiger partial charge in [0.2, 0.25) is 5.91 Å². The normalized spacial score (nSPS) is 13.1. The molecule has 0 bridgehead atoms. The highest BCUT2D eigenvalue weighted by molar-refractivity contribution is 6.45. The lowest BCUT2D eigenvalue weighted by Crippen LogP contribution is -2.38. The van der Waals surface area contributed by atoms with Gasteiger partial charge in [-0.05, 0) is 56.7 Å². The average Bonchev–Trinajstić information content (AvgIpc) is 3.53. The molecule has 0 aliphatic heterocycles. The molecule has 33 heavy (non-hydrogen) atoms. The van der Waals surface area contributed by atoms with Crippen molar-refractivity contribution in [2.75, 3.05) is 25.0 Å². The molecule has 8 nitrogen and oxygen atoms in total. The first-order valence-electron chi connectivity index (χ1n) is 11.8. The van der Waals surface area contributed by atoms with Crippen molar-refractivity contribution in [3.05, 3.63) is 30.0 Å². The van der Waals surface area contributed by atoms with Crippen molar-refractivity contribution >= 4 is 40.2 Å². The van der Waals surface area contributed by atoms with E-state index < -0.39 is 17.7 Å². The molecule has 1 saturated carbocycles. The second-order valence-corrected chi connectivity index (χ2v) is 8.53. The maximum Gasteiger partial charge on any atom is 0.325 e. The maximum atomic E-state index is 13.3. The van der Waals surface area contributed by atoms with E-state index in [9.17, 15) is 19.2 Å². The first-order valence-corrected chi connectivity index (χ1v) is 11.8. The van der Waals surface area contributed by atoms with Crippen molar-refractivity contribution in [1.29, 1.82) is 0 Å². The third-order valence-corrected chi connectivity index (χ3v) is 5.64. The van der Waals surface area contributed by atoms with Gasteiger partial charge in [-0.2, -0.15) is 0 Å². The highest BCUT2D eigenvalue weighted by Gasteiger charge is 2.31. The molecule has 3 rings (SSSR count). The number of ketones is 1. The molecule has 0 saturated heterocycles. The zero-order valence-electron chi connectivity index (χ0n) is 19.7. The molecule has 0 spiro atoms. The van der Waals surface area contributed by atoms with Gasteiger partial charge >= 0.3 is 5.97 Å². The Morgan fingerprint density at radius 1 is 1.12 bits per heavy atom. The summed E-state index contributed by atoms with van der Waals surface area (Å²) < 4.78 is 6.68. The van der Waals surface area contributed by atoms with Crippen LogP contribution in [-0.2, 0) is 25.7 Å². The Labute approximate surface area is 194 Å². The van der Waals surface area contributed by atoms with Crippen molar-refractivity contribution in [2.24, 2.45) is 5.92 Å². The van der Waals surface area contributed by atoms with Crippen LogP contribution in [0, 0.1) is 5.92 Å². The number of ether oxygens (including phenoxy) is 1. The number of carbonyl (C=O) groups excluding carboxylic acids is 4. The standard InChI is InChI=1S/C25H33N3O5/c1-4-7-22(29)26-18-10-11-21-19(13-18)20(15-28(21)16-23(30)33-6-3)24(31)25(32)27(12-5-2)14-17-8-9-17/h10-11,13,15,17H,4-9,12,14,16H2,1-3H3,(H,26,29). The summed E-state index contributed by atoms with van der Waals surface area (Å²) in [5, 5.41) is 3.35. The average molecular weight is 456 g/mol. The largest absolute Gasteiger partial charge is 0.465 e. The first kappa shape index (κ1) is 24.5. The fraction of sp³-hybridized carbons (Fsp3) is 0.520. The number of Topliss-reactive ketones (excluding diaryl/α,β-unsaturated/α-hetero) is 1. The Balaban J connectivity index is 1.97. The van der Waals surface area contributed by atoms with Crippen molar-refractivity contribution in [2.45, 2.75) is 59.4 Å². The van der Waals surface area contributed by atoms with Crippen LogP contribution < -0.4 is 5.32 Å². The van der Waals surface area contributed by atoms with Crippen LogP contribution in [0.25, 0.3) is 10.9 Å². The van der Waals surface area contributed by atoms with Gasteiger partial charge < -0.3 is 19.5 Å². The second-order valence-electron chi connectivity index (χ2n) is 8.53. The Bertz CT molecular complexity index is 1040. The third-order valence-electron chi connectivity index (χ3n) is 5.64. The van der Waals surface area contributed by atoms with Gasteiger partial charge in [0.1, 0.15) is 6.54 Å². The monoisotopic (exact) mass is 455 g/mol. The Morgan fingerprint density at radius 2 is 1.88 bits per heavy atom. The zero-order chi connectivity index (χ0) is 24.0. The highest BCUT2D eigenvalue weighted by atomic mass is 16.5. The number of amides is 2. The lowest BCUT2D eigenvalue weighted by Gasteiger charge is -2.21. The number of anilines is 1. The fourth-order valence-corrected chi connectivity index (χ4v) is 3.90. The Kier molecular flexibility index (Phi) is 8.25. The SMILES string of the molecule is CCCC(=O)Nc1ccc2c(c1)c(C(=O)C(=O)N(CCC)CC1CC1)cn2CC(=O)OCC. The molecular formula is C25H33N3O5. The van der Waals surface area contributed by atoms with Crippen molar-refractivity contribution in [3.63, 3.8) is 0 Å². The van der Waals surface area contributed by atoms with Gasteiger partial charge in [-0.3, -0.25) is 19.2 Å². The minimum Gasteiger partial charge on any atom is -0.465 e. The van der Waals surface area contributed by atoms with Crippen LogP contribution in [0.3, 0.4) is 0 Å². The molecule has 0 unspecified atom stereocenters. The summed E-state index contributed by atoms with van der Waals surface area (Å²) in [7, 11) is 0. The number of carbonyl (C=O) groups is 4. The quantitative estimate of drug-likeness (QED) is 0.298. The molecule has 8 heteroatoms. The van der Waals surface area contributed by atoms with Crippen LogP contribution >= 0.6 is 0 Å². The molecule has 1 aliphatic carbocycles.